The Labute approximate surface area is 129 Å². The summed E-state index contributed by atoms with van der Waals surface area (Å²) in [7, 11) is 1.75. The highest BCUT2D eigenvalue weighted by atomic mass is 16.5. The molecule has 0 aromatic carbocycles. The van der Waals surface area contributed by atoms with E-state index in [1.807, 2.05) is 0 Å². The zero-order valence-corrected chi connectivity index (χ0v) is 13.3. The van der Waals surface area contributed by atoms with Crippen molar-refractivity contribution in [3.63, 3.8) is 0 Å². The third-order valence-electron chi connectivity index (χ3n) is 4.84. The van der Waals surface area contributed by atoms with Crippen molar-refractivity contribution in [2.75, 3.05) is 59.5 Å². The van der Waals surface area contributed by atoms with Gasteiger partial charge in [-0.25, -0.2) is 0 Å². The highest BCUT2D eigenvalue weighted by Gasteiger charge is 2.20. The normalized spacial score (nSPS) is 24.9. The summed E-state index contributed by atoms with van der Waals surface area (Å²) >= 11 is 0. The lowest BCUT2D eigenvalue weighted by atomic mass is 10.1. The van der Waals surface area contributed by atoms with Crippen LogP contribution in [0.1, 0.15) is 19.3 Å². The van der Waals surface area contributed by atoms with E-state index in [1.165, 1.54) is 57.8 Å². The molecule has 0 aromatic rings. The van der Waals surface area contributed by atoms with Crippen LogP contribution >= 0.6 is 0 Å². The zero-order valence-electron chi connectivity index (χ0n) is 13.3. The molecule has 0 bridgehead atoms. The van der Waals surface area contributed by atoms with Gasteiger partial charge in [-0.1, -0.05) is 6.08 Å². The van der Waals surface area contributed by atoms with Gasteiger partial charge in [-0.15, -0.1) is 0 Å². The van der Waals surface area contributed by atoms with Crippen LogP contribution in [0.2, 0.25) is 0 Å². The summed E-state index contributed by atoms with van der Waals surface area (Å²) in [5, 5.41) is 0. The number of ether oxygens (including phenoxy) is 1. The molecule has 4 heteroatoms. The SMILES string of the molecule is COC1=CC(N2CCN(CCN3CCCC3)CC2)=CC[CH]1. The van der Waals surface area contributed by atoms with Gasteiger partial charge in [0.15, 0.2) is 0 Å². The van der Waals surface area contributed by atoms with Crippen LogP contribution in [0.4, 0.5) is 0 Å². The molecule has 1 aliphatic carbocycles. The summed E-state index contributed by atoms with van der Waals surface area (Å²) in [6.07, 6.45) is 10.4. The van der Waals surface area contributed by atoms with Crippen molar-refractivity contribution in [3.05, 3.63) is 30.0 Å². The first-order chi connectivity index (χ1) is 10.3. The lowest BCUT2D eigenvalue weighted by Gasteiger charge is -2.37. The Morgan fingerprint density at radius 2 is 1.62 bits per heavy atom. The summed E-state index contributed by atoms with van der Waals surface area (Å²) in [5.74, 6) is 1.00. The maximum Gasteiger partial charge on any atom is 0.102 e. The molecule has 0 aromatic heterocycles. The molecular weight excluding hydrogens is 262 g/mol. The van der Waals surface area contributed by atoms with Crippen molar-refractivity contribution in [1.82, 2.24) is 14.7 Å². The topological polar surface area (TPSA) is 19.0 Å². The summed E-state index contributed by atoms with van der Waals surface area (Å²) in [4.78, 5) is 7.73. The molecule has 117 valence electrons. The average molecular weight is 290 g/mol. The fourth-order valence-electron chi connectivity index (χ4n) is 3.44. The van der Waals surface area contributed by atoms with Crippen molar-refractivity contribution in [1.29, 1.82) is 0 Å². The second-order valence-corrected chi connectivity index (χ2v) is 6.20. The van der Waals surface area contributed by atoms with Crippen LogP contribution in [-0.4, -0.2) is 74.2 Å². The number of allylic oxidation sites excluding steroid dienone is 3. The molecule has 4 nitrogen and oxygen atoms in total. The van der Waals surface area contributed by atoms with Crippen LogP contribution in [0, 0.1) is 6.42 Å². The Morgan fingerprint density at radius 1 is 0.952 bits per heavy atom. The lowest BCUT2D eigenvalue weighted by molar-refractivity contribution is 0.146. The van der Waals surface area contributed by atoms with Crippen LogP contribution in [0.3, 0.4) is 0 Å². The van der Waals surface area contributed by atoms with Gasteiger partial charge >= 0.3 is 0 Å². The number of hydrogen-bond acceptors (Lipinski definition) is 4. The number of rotatable bonds is 5. The number of nitrogens with zero attached hydrogens (tertiary/aromatic N) is 3. The number of likely N-dealkylation sites (tertiary alicyclic amines) is 1. The molecule has 0 atom stereocenters. The van der Waals surface area contributed by atoms with E-state index in [1.54, 1.807) is 7.11 Å². The van der Waals surface area contributed by atoms with Crippen LogP contribution in [0.25, 0.3) is 0 Å². The molecule has 0 unspecified atom stereocenters. The van der Waals surface area contributed by atoms with E-state index < -0.39 is 0 Å². The molecule has 2 heterocycles. The Kier molecular flexibility index (Phi) is 5.20. The summed E-state index contributed by atoms with van der Waals surface area (Å²) in [6, 6.07) is 0. The van der Waals surface area contributed by atoms with Gasteiger partial charge in [0.05, 0.1) is 7.11 Å². The predicted molar refractivity (Wildman–Crippen MR) is 85.8 cm³/mol. The largest absolute Gasteiger partial charge is 0.501 e. The Morgan fingerprint density at radius 3 is 2.29 bits per heavy atom. The van der Waals surface area contributed by atoms with Crippen molar-refractivity contribution in [3.8, 4) is 0 Å². The third kappa shape index (κ3) is 4.01. The van der Waals surface area contributed by atoms with Crippen molar-refractivity contribution < 1.29 is 4.74 Å². The first-order valence-electron chi connectivity index (χ1n) is 8.34. The van der Waals surface area contributed by atoms with Gasteiger partial charge < -0.3 is 14.5 Å². The predicted octanol–water partition coefficient (Wildman–Crippen LogP) is 1.72. The van der Waals surface area contributed by atoms with Crippen LogP contribution in [0.15, 0.2) is 23.6 Å². The van der Waals surface area contributed by atoms with E-state index in [-0.39, 0.29) is 0 Å². The highest BCUT2D eigenvalue weighted by Crippen LogP contribution is 2.21. The average Bonchev–Trinajstić information content (AvgIpc) is 3.07. The molecular formula is C17H28N3O. The summed E-state index contributed by atoms with van der Waals surface area (Å²) < 4.78 is 5.35. The van der Waals surface area contributed by atoms with Gasteiger partial charge in [-0.05, 0) is 38.4 Å². The van der Waals surface area contributed by atoms with E-state index >= 15 is 0 Å². The Hall–Kier alpha value is -1.00. The van der Waals surface area contributed by atoms with Gasteiger partial charge in [-0.3, -0.25) is 4.90 Å². The summed E-state index contributed by atoms with van der Waals surface area (Å²) in [6.45, 7) is 9.77. The molecule has 0 amide bonds. The van der Waals surface area contributed by atoms with E-state index in [2.05, 4.69) is 33.3 Å². The van der Waals surface area contributed by atoms with Crippen molar-refractivity contribution >= 4 is 0 Å². The maximum absolute atomic E-state index is 5.35. The molecule has 1 radical (unpaired) electrons. The fourth-order valence-corrected chi connectivity index (χ4v) is 3.44. The molecule has 2 saturated heterocycles. The van der Waals surface area contributed by atoms with E-state index in [9.17, 15) is 0 Å². The first-order valence-corrected chi connectivity index (χ1v) is 8.34. The minimum Gasteiger partial charge on any atom is -0.501 e. The standard InChI is InChI=1S/C17H28N3O/c1-21-17-6-4-5-16(15-17)20-13-11-19(12-14-20)10-9-18-7-2-3-8-18/h5-6,15H,2-4,7-14H2,1H3. The van der Waals surface area contributed by atoms with Gasteiger partial charge in [-0.2, -0.15) is 0 Å². The third-order valence-corrected chi connectivity index (χ3v) is 4.84. The van der Waals surface area contributed by atoms with E-state index in [4.69, 9.17) is 4.74 Å². The first kappa shape index (κ1) is 14.9. The van der Waals surface area contributed by atoms with E-state index in [0.717, 1.165) is 25.3 Å². The van der Waals surface area contributed by atoms with Crippen molar-refractivity contribution in [2.45, 2.75) is 19.3 Å². The zero-order chi connectivity index (χ0) is 14.5. The van der Waals surface area contributed by atoms with Gasteiger partial charge in [0.1, 0.15) is 5.76 Å². The molecule has 2 aliphatic heterocycles. The molecule has 2 fully saturated rings. The monoisotopic (exact) mass is 290 g/mol. The molecule has 3 rings (SSSR count). The van der Waals surface area contributed by atoms with Gasteiger partial charge in [0.25, 0.3) is 0 Å². The number of methoxy groups -OCH3 is 1. The van der Waals surface area contributed by atoms with Crippen molar-refractivity contribution in [2.24, 2.45) is 0 Å². The summed E-state index contributed by atoms with van der Waals surface area (Å²) in [5.41, 5.74) is 1.34. The molecule has 0 spiro atoms. The molecule has 0 saturated carbocycles. The molecule has 3 aliphatic rings. The van der Waals surface area contributed by atoms with Gasteiger partial charge in [0, 0.05) is 51.4 Å². The quantitative estimate of drug-likeness (QED) is 0.767. The molecule has 21 heavy (non-hydrogen) atoms. The number of hydrogen-bond donors (Lipinski definition) is 0. The smallest absolute Gasteiger partial charge is 0.102 e. The fraction of sp³-hybridized carbons (Fsp3) is 0.706. The minimum absolute atomic E-state index is 0.990. The Balaban J connectivity index is 1.42. The van der Waals surface area contributed by atoms with Crippen LogP contribution in [0.5, 0.6) is 0 Å². The lowest BCUT2D eigenvalue weighted by Crippen LogP contribution is -2.47. The maximum atomic E-state index is 5.35. The minimum atomic E-state index is 0.990. The number of piperazine rings is 1. The van der Waals surface area contributed by atoms with E-state index in [0.29, 0.717) is 0 Å². The highest BCUT2D eigenvalue weighted by molar-refractivity contribution is 5.29. The van der Waals surface area contributed by atoms with Gasteiger partial charge in [0.2, 0.25) is 0 Å². The molecule has 0 N–H and O–H groups in total. The second kappa shape index (κ2) is 7.32. The van der Waals surface area contributed by atoms with Crippen LogP contribution < -0.4 is 0 Å². The van der Waals surface area contributed by atoms with Crippen LogP contribution in [-0.2, 0) is 4.74 Å². The Bertz CT molecular complexity index is 391. The second-order valence-electron chi connectivity index (χ2n) is 6.20.